The lowest BCUT2D eigenvalue weighted by molar-refractivity contribution is 0.130. The number of rotatable bonds is 4. The molecule has 0 atom stereocenters. The van der Waals surface area contributed by atoms with E-state index in [1.54, 1.807) is 18.2 Å². The molecule has 0 radical (unpaired) electrons. The molecular formula is C19H22Cl2N2O4. The summed E-state index contributed by atoms with van der Waals surface area (Å²) in [5.41, 5.74) is 1.54. The summed E-state index contributed by atoms with van der Waals surface area (Å²) >= 11 is 11.5. The van der Waals surface area contributed by atoms with Crippen LogP contribution in [0.25, 0.3) is 0 Å². The molecule has 6 nitrogen and oxygen atoms in total. The van der Waals surface area contributed by atoms with Crippen molar-refractivity contribution in [3.8, 4) is 0 Å². The van der Waals surface area contributed by atoms with Crippen molar-refractivity contribution in [1.82, 2.24) is 5.32 Å². The van der Waals surface area contributed by atoms with Crippen molar-refractivity contribution in [2.45, 2.75) is 26.6 Å². The molecule has 0 fully saturated rings. The van der Waals surface area contributed by atoms with E-state index in [2.05, 4.69) is 10.6 Å². The average Bonchev–Trinajstić information content (AvgIpc) is 2.63. The molecule has 0 saturated heterocycles. The lowest BCUT2D eigenvalue weighted by Crippen LogP contribution is -2.18. The van der Waals surface area contributed by atoms with Crippen LogP contribution in [-0.4, -0.2) is 25.3 Å². The number of ether oxygens (including phenoxy) is 2. The van der Waals surface area contributed by atoms with Gasteiger partial charge in [0, 0.05) is 12.7 Å². The first-order valence-corrected chi connectivity index (χ1v) is 8.88. The van der Waals surface area contributed by atoms with Gasteiger partial charge in [0.15, 0.2) is 0 Å². The van der Waals surface area contributed by atoms with Crippen LogP contribution in [0.15, 0.2) is 48.5 Å². The van der Waals surface area contributed by atoms with Gasteiger partial charge in [-0.25, -0.2) is 9.59 Å². The SMILES string of the molecule is CC(C)OC(=O)Nc1ccccc1.CNC(=O)OCc1ccc(Cl)c(Cl)c1. The summed E-state index contributed by atoms with van der Waals surface area (Å²) in [7, 11) is 1.50. The van der Waals surface area contributed by atoms with Gasteiger partial charge in [0.1, 0.15) is 6.61 Å². The van der Waals surface area contributed by atoms with Crippen LogP contribution in [0.5, 0.6) is 0 Å². The second kappa shape index (κ2) is 12.0. The Hall–Kier alpha value is -2.44. The fourth-order valence-electron chi connectivity index (χ4n) is 1.73. The molecule has 0 aliphatic rings. The maximum atomic E-state index is 11.1. The fraction of sp³-hybridized carbons (Fsp3) is 0.263. The number of amides is 2. The molecule has 8 heteroatoms. The number of halogens is 2. The first-order valence-electron chi connectivity index (χ1n) is 8.13. The van der Waals surface area contributed by atoms with Gasteiger partial charge < -0.3 is 14.8 Å². The number of hydrogen-bond acceptors (Lipinski definition) is 4. The average molecular weight is 413 g/mol. The predicted octanol–water partition coefficient (Wildman–Crippen LogP) is 5.49. The third kappa shape index (κ3) is 9.72. The maximum absolute atomic E-state index is 11.1. The zero-order valence-electron chi connectivity index (χ0n) is 15.3. The molecule has 2 N–H and O–H groups in total. The number of benzene rings is 2. The van der Waals surface area contributed by atoms with Crippen LogP contribution in [0.3, 0.4) is 0 Å². The van der Waals surface area contributed by atoms with Crippen molar-refractivity contribution in [1.29, 1.82) is 0 Å². The predicted molar refractivity (Wildman–Crippen MR) is 107 cm³/mol. The Morgan fingerprint density at radius 1 is 1.00 bits per heavy atom. The minimum absolute atomic E-state index is 0.0938. The minimum Gasteiger partial charge on any atom is -0.447 e. The van der Waals surface area contributed by atoms with Crippen LogP contribution >= 0.6 is 23.2 Å². The van der Waals surface area contributed by atoms with E-state index in [-0.39, 0.29) is 12.7 Å². The molecule has 0 unspecified atom stereocenters. The summed E-state index contributed by atoms with van der Waals surface area (Å²) < 4.78 is 9.72. The van der Waals surface area contributed by atoms with Crippen LogP contribution in [0.4, 0.5) is 15.3 Å². The van der Waals surface area contributed by atoms with E-state index in [1.807, 2.05) is 44.2 Å². The van der Waals surface area contributed by atoms with Crippen molar-refractivity contribution in [3.05, 3.63) is 64.1 Å². The smallest absolute Gasteiger partial charge is 0.411 e. The molecule has 27 heavy (non-hydrogen) atoms. The Bertz CT molecular complexity index is 740. The highest BCUT2D eigenvalue weighted by Crippen LogP contribution is 2.22. The highest BCUT2D eigenvalue weighted by atomic mass is 35.5. The monoisotopic (exact) mass is 412 g/mol. The van der Waals surface area contributed by atoms with Gasteiger partial charge in [0.25, 0.3) is 0 Å². The Balaban J connectivity index is 0.000000271. The van der Waals surface area contributed by atoms with Gasteiger partial charge >= 0.3 is 12.2 Å². The van der Waals surface area contributed by atoms with E-state index in [4.69, 9.17) is 32.7 Å². The molecule has 0 spiro atoms. The van der Waals surface area contributed by atoms with E-state index in [0.29, 0.717) is 10.0 Å². The van der Waals surface area contributed by atoms with Crippen molar-refractivity contribution < 1.29 is 19.1 Å². The standard InChI is InChI=1S/C10H13NO2.C9H9Cl2NO2/c1-8(2)13-10(12)11-9-6-4-3-5-7-9;1-12-9(13)14-5-6-2-3-7(10)8(11)4-6/h3-8H,1-2H3,(H,11,12);2-4H,5H2,1H3,(H,12,13). The second-order valence-electron chi connectivity index (χ2n) is 5.52. The summed E-state index contributed by atoms with van der Waals surface area (Å²) in [5.74, 6) is 0. The highest BCUT2D eigenvalue weighted by Gasteiger charge is 2.04. The van der Waals surface area contributed by atoms with E-state index in [9.17, 15) is 9.59 Å². The number of para-hydroxylation sites is 1. The van der Waals surface area contributed by atoms with E-state index >= 15 is 0 Å². The van der Waals surface area contributed by atoms with Crippen LogP contribution in [0, 0.1) is 0 Å². The number of carbonyl (C=O) groups excluding carboxylic acids is 2. The molecule has 0 aliphatic carbocycles. The largest absolute Gasteiger partial charge is 0.447 e. The van der Waals surface area contributed by atoms with E-state index < -0.39 is 12.2 Å². The van der Waals surface area contributed by atoms with E-state index in [1.165, 1.54) is 7.05 Å². The molecule has 0 aromatic heterocycles. The van der Waals surface area contributed by atoms with Crippen LogP contribution < -0.4 is 10.6 Å². The molecule has 0 bridgehead atoms. The molecule has 2 aromatic carbocycles. The second-order valence-corrected chi connectivity index (χ2v) is 6.33. The molecule has 2 aromatic rings. The molecule has 0 saturated carbocycles. The maximum Gasteiger partial charge on any atom is 0.411 e. The van der Waals surface area contributed by atoms with Gasteiger partial charge in [-0.05, 0) is 43.7 Å². The van der Waals surface area contributed by atoms with Crippen LogP contribution in [-0.2, 0) is 16.1 Å². The molecule has 0 heterocycles. The quantitative estimate of drug-likeness (QED) is 0.695. The number of carbonyl (C=O) groups is 2. The lowest BCUT2D eigenvalue weighted by Gasteiger charge is -2.08. The summed E-state index contributed by atoms with van der Waals surface area (Å²) in [6.07, 6.45) is -0.985. The van der Waals surface area contributed by atoms with Gasteiger partial charge in [-0.15, -0.1) is 0 Å². The van der Waals surface area contributed by atoms with Gasteiger partial charge in [0.2, 0.25) is 0 Å². The van der Waals surface area contributed by atoms with Crippen molar-refractivity contribution in [2.24, 2.45) is 0 Å². The Kier molecular flexibility index (Phi) is 10.1. The lowest BCUT2D eigenvalue weighted by atomic mass is 10.2. The zero-order chi connectivity index (χ0) is 20.2. The number of anilines is 1. The Morgan fingerprint density at radius 3 is 2.22 bits per heavy atom. The summed E-state index contributed by atoms with van der Waals surface area (Å²) in [5, 5.41) is 5.88. The molecule has 146 valence electrons. The first kappa shape index (κ1) is 22.6. The fourth-order valence-corrected chi connectivity index (χ4v) is 2.05. The van der Waals surface area contributed by atoms with Crippen LogP contribution in [0.2, 0.25) is 10.0 Å². The third-order valence-electron chi connectivity index (χ3n) is 2.92. The van der Waals surface area contributed by atoms with Crippen molar-refractivity contribution in [2.75, 3.05) is 12.4 Å². The number of alkyl carbamates (subject to hydrolysis) is 1. The number of nitrogens with one attached hydrogen (secondary N) is 2. The highest BCUT2D eigenvalue weighted by molar-refractivity contribution is 6.42. The molecular weight excluding hydrogens is 391 g/mol. The van der Waals surface area contributed by atoms with Gasteiger partial charge in [0.05, 0.1) is 16.1 Å². The Labute approximate surface area is 168 Å². The van der Waals surface area contributed by atoms with Crippen molar-refractivity contribution in [3.63, 3.8) is 0 Å². The van der Waals surface area contributed by atoms with E-state index in [0.717, 1.165) is 11.3 Å². The summed E-state index contributed by atoms with van der Waals surface area (Å²) in [4.78, 5) is 21.8. The topological polar surface area (TPSA) is 76.7 Å². The van der Waals surface area contributed by atoms with Gasteiger partial charge in [-0.1, -0.05) is 47.5 Å². The van der Waals surface area contributed by atoms with Crippen LogP contribution in [0.1, 0.15) is 19.4 Å². The van der Waals surface area contributed by atoms with Crippen molar-refractivity contribution >= 4 is 41.1 Å². The van der Waals surface area contributed by atoms with Gasteiger partial charge in [-0.3, -0.25) is 5.32 Å². The zero-order valence-corrected chi connectivity index (χ0v) is 16.8. The third-order valence-corrected chi connectivity index (χ3v) is 3.66. The first-order chi connectivity index (χ1) is 12.8. The molecule has 2 rings (SSSR count). The van der Waals surface area contributed by atoms with Gasteiger partial charge in [-0.2, -0.15) is 0 Å². The minimum atomic E-state index is -0.476. The summed E-state index contributed by atoms with van der Waals surface area (Å²) in [6, 6.07) is 14.3. The Morgan fingerprint density at radius 2 is 1.67 bits per heavy atom. The number of hydrogen-bond donors (Lipinski definition) is 2. The normalized spacial score (nSPS) is 9.70. The summed E-state index contributed by atoms with van der Waals surface area (Å²) in [6.45, 7) is 3.80. The molecule has 0 aliphatic heterocycles. The molecule has 2 amide bonds.